The number of carbonyl (C=O) groups is 2. The second kappa shape index (κ2) is 7.69. The molecule has 2 aromatic heterocycles. The normalized spacial score (nSPS) is 13.7. The predicted octanol–water partition coefficient (Wildman–Crippen LogP) is 1.55. The van der Waals surface area contributed by atoms with Crippen LogP contribution in [-0.2, 0) is 17.8 Å². The van der Waals surface area contributed by atoms with Gasteiger partial charge in [0.1, 0.15) is 5.75 Å². The van der Waals surface area contributed by atoms with Crippen LogP contribution in [-0.4, -0.2) is 42.1 Å². The van der Waals surface area contributed by atoms with Gasteiger partial charge in [-0.05, 0) is 13.8 Å². The van der Waals surface area contributed by atoms with Crippen LogP contribution in [0.1, 0.15) is 22.5 Å². The van der Waals surface area contributed by atoms with Crippen molar-refractivity contribution in [1.29, 1.82) is 0 Å². The largest absolute Gasteiger partial charge is 0.496 e. The Kier molecular flexibility index (Phi) is 5.36. The minimum absolute atomic E-state index is 0.145. The van der Waals surface area contributed by atoms with E-state index in [2.05, 4.69) is 20.6 Å². The summed E-state index contributed by atoms with van der Waals surface area (Å²) >= 11 is 1.36. The van der Waals surface area contributed by atoms with E-state index in [4.69, 9.17) is 4.74 Å². The van der Waals surface area contributed by atoms with Gasteiger partial charge >= 0.3 is 6.03 Å². The van der Waals surface area contributed by atoms with Crippen LogP contribution in [0.15, 0.2) is 11.6 Å². The first-order chi connectivity index (χ1) is 12.5. The van der Waals surface area contributed by atoms with E-state index in [9.17, 15) is 9.59 Å². The number of thiazole rings is 1. The van der Waals surface area contributed by atoms with Gasteiger partial charge < -0.3 is 15.4 Å². The van der Waals surface area contributed by atoms with Crippen molar-refractivity contribution in [3.8, 4) is 5.75 Å². The van der Waals surface area contributed by atoms with Gasteiger partial charge in [-0.1, -0.05) is 0 Å². The molecule has 9 heteroatoms. The van der Waals surface area contributed by atoms with Crippen molar-refractivity contribution in [3.63, 3.8) is 0 Å². The number of anilines is 1. The van der Waals surface area contributed by atoms with Crippen molar-refractivity contribution in [2.24, 2.45) is 0 Å². The summed E-state index contributed by atoms with van der Waals surface area (Å²) in [6.45, 7) is 5.39. The van der Waals surface area contributed by atoms with Gasteiger partial charge in [-0.3, -0.25) is 14.7 Å². The summed E-state index contributed by atoms with van der Waals surface area (Å²) in [5.74, 6) is 0.644. The van der Waals surface area contributed by atoms with Gasteiger partial charge in [-0.25, -0.2) is 9.78 Å². The molecule has 0 atom stereocenters. The summed E-state index contributed by atoms with van der Waals surface area (Å²) in [6, 6.07) is -0.148. The zero-order valence-corrected chi connectivity index (χ0v) is 15.8. The predicted molar refractivity (Wildman–Crippen MR) is 98.7 cm³/mol. The third-order valence-electron chi connectivity index (χ3n) is 4.17. The maximum Gasteiger partial charge on any atom is 0.323 e. The second-order valence-corrected chi connectivity index (χ2v) is 6.84. The molecule has 0 aliphatic carbocycles. The third kappa shape index (κ3) is 3.77. The van der Waals surface area contributed by atoms with Gasteiger partial charge in [-0.15, -0.1) is 11.3 Å². The Morgan fingerprint density at radius 3 is 2.96 bits per heavy atom. The first-order valence-corrected chi connectivity index (χ1v) is 9.13. The molecule has 0 saturated carbocycles. The summed E-state index contributed by atoms with van der Waals surface area (Å²) in [7, 11) is 1.62. The smallest absolute Gasteiger partial charge is 0.323 e. The SMILES string of the molecule is COc1c(C)cnc(CNC(=O)Cc2csc(N3CCNC3=O)n2)c1C. The molecule has 1 aliphatic rings. The molecule has 3 heterocycles. The lowest BCUT2D eigenvalue weighted by Gasteiger charge is -2.12. The zero-order valence-electron chi connectivity index (χ0n) is 15.0. The van der Waals surface area contributed by atoms with E-state index in [1.165, 1.54) is 11.3 Å². The molecule has 1 fully saturated rings. The van der Waals surface area contributed by atoms with Crippen LogP contribution in [0.2, 0.25) is 0 Å². The fourth-order valence-electron chi connectivity index (χ4n) is 2.81. The Bertz CT molecular complexity index is 836. The van der Waals surface area contributed by atoms with Crippen molar-refractivity contribution < 1.29 is 14.3 Å². The highest BCUT2D eigenvalue weighted by Gasteiger charge is 2.24. The van der Waals surface area contributed by atoms with E-state index in [1.54, 1.807) is 23.6 Å². The average molecular weight is 375 g/mol. The number of amides is 3. The summed E-state index contributed by atoms with van der Waals surface area (Å²) < 4.78 is 5.38. The van der Waals surface area contributed by atoms with Crippen LogP contribution >= 0.6 is 11.3 Å². The molecule has 0 unspecified atom stereocenters. The molecule has 8 nitrogen and oxygen atoms in total. The number of rotatable bonds is 6. The number of hydrogen-bond donors (Lipinski definition) is 2. The number of urea groups is 1. The monoisotopic (exact) mass is 375 g/mol. The minimum atomic E-state index is -0.148. The van der Waals surface area contributed by atoms with Gasteiger partial charge in [0.15, 0.2) is 5.13 Å². The minimum Gasteiger partial charge on any atom is -0.496 e. The number of hydrogen-bond acceptors (Lipinski definition) is 6. The lowest BCUT2D eigenvalue weighted by molar-refractivity contribution is -0.120. The number of ether oxygens (including phenoxy) is 1. The number of aryl methyl sites for hydroxylation is 1. The quantitative estimate of drug-likeness (QED) is 0.799. The molecule has 2 aromatic rings. The number of methoxy groups -OCH3 is 1. The average Bonchev–Trinajstić information content (AvgIpc) is 3.23. The van der Waals surface area contributed by atoms with Gasteiger partial charge in [0.05, 0.1) is 31.5 Å². The molecule has 138 valence electrons. The molecule has 1 aliphatic heterocycles. The van der Waals surface area contributed by atoms with Crippen molar-refractivity contribution in [1.82, 2.24) is 20.6 Å². The molecule has 2 N–H and O–H groups in total. The standard InChI is InChI=1S/C17H21N5O3S/c1-10-7-19-13(11(2)15(10)25-3)8-20-14(23)6-12-9-26-17(21-12)22-5-4-18-16(22)24/h7,9H,4-6,8H2,1-3H3,(H,18,24)(H,20,23). The molecule has 26 heavy (non-hydrogen) atoms. The Labute approximate surface area is 155 Å². The van der Waals surface area contributed by atoms with E-state index >= 15 is 0 Å². The van der Waals surface area contributed by atoms with Gasteiger partial charge in [0, 0.05) is 35.8 Å². The maximum atomic E-state index is 12.2. The molecule has 3 rings (SSSR count). The molecule has 0 bridgehead atoms. The number of nitrogens with zero attached hydrogens (tertiary/aromatic N) is 3. The Hall–Kier alpha value is -2.68. The third-order valence-corrected chi connectivity index (χ3v) is 5.08. The van der Waals surface area contributed by atoms with Gasteiger partial charge in [0.25, 0.3) is 0 Å². The van der Waals surface area contributed by atoms with Gasteiger partial charge in [-0.2, -0.15) is 0 Å². The Morgan fingerprint density at radius 1 is 1.46 bits per heavy atom. The lowest BCUT2D eigenvalue weighted by atomic mass is 10.1. The van der Waals surface area contributed by atoms with Crippen molar-refractivity contribution >= 4 is 28.4 Å². The first-order valence-electron chi connectivity index (χ1n) is 8.25. The van der Waals surface area contributed by atoms with E-state index in [0.717, 1.165) is 22.6 Å². The number of carbonyl (C=O) groups excluding carboxylic acids is 2. The molecule has 0 aromatic carbocycles. The zero-order chi connectivity index (χ0) is 18.7. The fraction of sp³-hybridized carbons (Fsp3) is 0.412. The van der Waals surface area contributed by atoms with Crippen molar-refractivity contribution in [3.05, 3.63) is 34.1 Å². The molecule has 0 radical (unpaired) electrons. The topological polar surface area (TPSA) is 96.5 Å². The highest BCUT2D eigenvalue weighted by atomic mass is 32.1. The molecular formula is C17H21N5O3S. The highest BCUT2D eigenvalue weighted by Crippen LogP contribution is 2.24. The fourth-order valence-corrected chi connectivity index (χ4v) is 3.66. The Morgan fingerprint density at radius 2 is 2.27 bits per heavy atom. The number of pyridine rings is 1. The molecule has 0 spiro atoms. The lowest BCUT2D eigenvalue weighted by Crippen LogP contribution is -2.28. The molecular weight excluding hydrogens is 354 g/mol. The van der Waals surface area contributed by atoms with Crippen LogP contribution in [0.4, 0.5) is 9.93 Å². The second-order valence-electron chi connectivity index (χ2n) is 6.00. The molecule has 3 amide bonds. The van der Waals surface area contributed by atoms with Crippen molar-refractivity contribution in [2.45, 2.75) is 26.8 Å². The summed E-state index contributed by atoms with van der Waals surface area (Å²) in [5.41, 5.74) is 3.30. The van der Waals surface area contributed by atoms with E-state index < -0.39 is 0 Å². The summed E-state index contributed by atoms with van der Waals surface area (Å²) in [4.78, 5) is 34.2. The first kappa shape index (κ1) is 18.1. The Balaban J connectivity index is 1.58. The number of aromatic nitrogens is 2. The molecule has 1 saturated heterocycles. The van der Waals surface area contributed by atoms with Crippen LogP contribution < -0.4 is 20.3 Å². The van der Waals surface area contributed by atoms with Crippen LogP contribution in [0, 0.1) is 13.8 Å². The highest BCUT2D eigenvalue weighted by molar-refractivity contribution is 7.14. The maximum absolute atomic E-state index is 12.2. The van der Waals surface area contributed by atoms with Gasteiger partial charge in [0.2, 0.25) is 5.91 Å². The number of nitrogens with one attached hydrogen (secondary N) is 2. The van der Waals surface area contributed by atoms with Crippen LogP contribution in [0.3, 0.4) is 0 Å². The van der Waals surface area contributed by atoms with E-state index in [-0.39, 0.29) is 18.4 Å². The summed E-state index contributed by atoms with van der Waals surface area (Å²) in [5, 5.41) is 8.01. The van der Waals surface area contributed by atoms with Crippen molar-refractivity contribution in [2.75, 3.05) is 25.1 Å². The van der Waals surface area contributed by atoms with E-state index in [1.807, 2.05) is 13.8 Å². The summed E-state index contributed by atoms with van der Waals surface area (Å²) in [6.07, 6.45) is 1.90. The van der Waals surface area contributed by atoms with Crippen LogP contribution in [0.25, 0.3) is 0 Å². The van der Waals surface area contributed by atoms with Crippen LogP contribution in [0.5, 0.6) is 5.75 Å². The van der Waals surface area contributed by atoms with E-state index in [0.29, 0.717) is 30.5 Å².